The van der Waals surface area contributed by atoms with Crippen LogP contribution in [0, 0.1) is 11.7 Å². The maximum atomic E-state index is 14.3. The molecule has 1 amide bonds. The molecule has 9 heteroatoms. The summed E-state index contributed by atoms with van der Waals surface area (Å²) >= 11 is 0. The van der Waals surface area contributed by atoms with Crippen molar-refractivity contribution >= 4 is 5.91 Å². The first-order valence-corrected chi connectivity index (χ1v) is 9.01. The zero-order valence-electron chi connectivity index (χ0n) is 15.4. The van der Waals surface area contributed by atoms with E-state index in [1.165, 1.54) is 13.2 Å². The molecule has 1 atom stereocenters. The number of nitrogens with zero attached hydrogens (tertiary/aromatic N) is 2. The average molecular weight is 387 g/mol. The van der Waals surface area contributed by atoms with Gasteiger partial charge in [-0.1, -0.05) is 0 Å². The van der Waals surface area contributed by atoms with Gasteiger partial charge in [-0.25, -0.2) is 13.2 Å². The molecule has 0 radical (unpaired) electrons. The summed E-state index contributed by atoms with van der Waals surface area (Å²) in [5, 5.41) is 2.78. The molecule has 1 unspecified atom stereocenters. The Morgan fingerprint density at radius 3 is 2.74 bits per heavy atom. The van der Waals surface area contributed by atoms with Gasteiger partial charge >= 0.3 is 0 Å². The summed E-state index contributed by atoms with van der Waals surface area (Å²) in [6.45, 7) is 0.925. The molecule has 1 aromatic rings. The van der Waals surface area contributed by atoms with Crippen LogP contribution in [0.5, 0.6) is 11.8 Å². The van der Waals surface area contributed by atoms with E-state index in [2.05, 4.69) is 10.3 Å². The van der Waals surface area contributed by atoms with E-state index in [0.717, 1.165) is 19.4 Å². The fourth-order valence-corrected chi connectivity index (χ4v) is 3.54. The quantitative estimate of drug-likeness (QED) is 0.778. The van der Waals surface area contributed by atoms with Crippen LogP contribution in [-0.4, -0.2) is 55.1 Å². The molecule has 1 aliphatic heterocycles. The van der Waals surface area contributed by atoms with Crippen molar-refractivity contribution < 1.29 is 27.4 Å². The topological polar surface area (TPSA) is 63.7 Å². The summed E-state index contributed by atoms with van der Waals surface area (Å²) in [4.78, 5) is 18.2. The van der Waals surface area contributed by atoms with E-state index in [0.29, 0.717) is 5.56 Å². The largest absolute Gasteiger partial charge is 0.481 e. The number of alkyl halides is 2. The maximum absolute atomic E-state index is 14.3. The van der Waals surface area contributed by atoms with E-state index < -0.39 is 11.7 Å². The molecular weight excluding hydrogens is 363 g/mol. The zero-order valence-corrected chi connectivity index (χ0v) is 15.4. The minimum atomic E-state index is -2.65. The number of halogens is 3. The first-order chi connectivity index (χ1) is 12.8. The van der Waals surface area contributed by atoms with Crippen LogP contribution in [0.3, 0.4) is 0 Å². The number of rotatable bonds is 7. The molecule has 150 valence electrons. The summed E-state index contributed by atoms with van der Waals surface area (Å²) in [5.74, 6) is -3.95. The van der Waals surface area contributed by atoms with Crippen LogP contribution < -0.4 is 14.8 Å². The highest BCUT2D eigenvalue weighted by molar-refractivity contribution is 5.82. The Hall–Kier alpha value is -2.03. The molecule has 2 fully saturated rings. The van der Waals surface area contributed by atoms with Gasteiger partial charge in [-0.3, -0.25) is 9.69 Å². The number of hydrogen-bond donors (Lipinski definition) is 1. The smallest absolute Gasteiger partial charge is 0.253 e. The number of methoxy groups -OCH3 is 1. The Labute approximate surface area is 156 Å². The lowest BCUT2D eigenvalue weighted by Gasteiger charge is -2.34. The Balaban J connectivity index is 1.59. The Morgan fingerprint density at radius 2 is 2.15 bits per heavy atom. The van der Waals surface area contributed by atoms with Gasteiger partial charge < -0.3 is 14.8 Å². The number of hydrogen-bond acceptors (Lipinski definition) is 5. The van der Waals surface area contributed by atoms with Crippen LogP contribution in [0.25, 0.3) is 0 Å². The molecular formula is C18H24F3N3O3. The molecule has 1 saturated heterocycles. The predicted molar refractivity (Wildman–Crippen MR) is 91.4 cm³/mol. The first-order valence-electron chi connectivity index (χ1n) is 9.01. The highest BCUT2D eigenvalue weighted by Gasteiger charge is 2.45. The molecule has 3 rings (SSSR count). The van der Waals surface area contributed by atoms with Gasteiger partial charge in [0.25, 0.3) is 5.88 Å². The molecule has 2 heterocycles. The van der Waals surface area contributed by atoms with E-state index in [1.54, 1.807) is 0 Å². The van der Waals surface area contributed by atoms with Gasteiger partial charge in [0.2, 0.25) is 17.7 Å². The molecule has 27 heavy (non-hydrogen) atoms. The predicted octanol–water partition coefficient (Wildman–Crippen LogP) is 2.36. The summed E-state index contributed by atoms with van der Waals surface area (Å²) in [6, 6.07) is 1.01. The fourth-order valence-electron chi connectivity index (χ4n) is 3.54. The normalized spacial score (nSPS) is 22.3. The lowest BCUT2D eigenvalue weighted by atomic mass is 9.82. The lowest BCUT2D eigenvalue weighted by molar-refractivity contribution is -0.125. The van der Waals surface area contributed by atoms with Crippen LogP contribution in [0.15, 0.2) is 6.07 Å². The van der Waals surface area contributed by atoms with Crippen molar-refractivity contribution in [2.45, 2.75) is 44.2 Å². The van der Waals surface area contributed by atoms with Crippen LogP contribution in [-0.2, 0) is 11.3 Å². The molecule has 0 aromatic carbocycles. The van der Waals surface area contributed by atoms with E-state index >= 15 is 0 Å². The number of ether oxygens (including phenoxy) is 2. The average Bonchev–Trinajstić information content (AvgIpc) is 3.02. The van der Waals surface area contributed by atoms with Crippen LogP contribution in [0.4, 0.5) is 13.2 Å². The summed E-state index contributed by atoms with van der Waals surface area (Å²) in [7, 11) is 3.27. The van der Waals surface area contributed by atoms with Crippen molar-refractivity contribution in [1.82, 2.24) is 15.2 Å². The monoisotopic (exact) mass is 387 g/mol. The van der Waals surface area contributed by atoms with Crippen LogP contribution in [0.1, 0.15) is 31.2 Å². The number of likely N-dealkylation sites (tertiary alicyclic amines) is 1. The van der Waals surface area contributed by atoms with Crippen molar-refractivity contribution in [2.75, 3.05) is 27.3 Å². The van der Waals surface area contributed by atoms with E-state index in [1.807, 2.05) is 11.9 Å². The van der Waals surface area contributed by atoms with Crippen molar-refractivity contribution in [3.63, 3.8) is 0 Å². The Morgan fingerprint density at radius 1 is 1.41 bits per heavy atom. The summed E-state index contributed by atoms with van der Waals surface area (Å²) in [6.07, 6.45) is 1.24. The second-order valence-electron chi connectivity index (χ2n) is 7.24. The maximum Gasteiger partial charge on any atom is 0.253 e. The molecule has 0 spiro atoms. The van der Waals surface area contributed by atoms with Crippen molar-refractivity contribution in [3.8, 4) is 11.8 Å². The van der Waals surface area contributed by atoms with E-state index in [-0.39, 0.29) is 55.6 Å². The SMILES string of the molecule is COc1nc(OCC2CC(F)(F)C2)c(F)cc1CNC(=O)C1CCCN1C. The van der Waals surface area contributed by atoms with E-state index in [9.17, 15) is 18.0 Å². The number of nitrogens with one attached hydrogen (secondary N) is 1. The second kappa shape index (κ2) is 7.92. The summed E-state index contributed by atoms with van der Waals surface area (Å²) in [5.41, 5.74) is 0.381. The van der Waals surface area contributed by atoms with Gasteiger partial charge in [-0.05, 0) is 32.5 Å². The third kappa shape index (κ3) is 4.63. The van der Waals surface area contributed by atoms with Crippen LogP contribution >= 0.6 is 0 Å². The lowest BCUT2D eigenvalue weighted by Crippen LogP contribution is -2.41. The zero-order chi connectivity index (χ0) is 19.6. The number of pyridine rings is 1. The van der Waals surface area contributed by atoms with Gasteiger partial charge in [0.05, 0.1) is 19.8 Å². The van der Waals surface area contributed by atoms with Gasteiger partial charge in [0.1, 0.15) is 0 Å². The molecule has 1 N–H and O–H groups in total. The number of carbonyl (C=O) groups is 1. The second-order valence-corrected chi connectivity index (χ2v) is 7.24. The van der Waals surface area contributed by atoms with Gasteiger partial charge in [0, 0.05) is 30.9 Å². The van der Waals surface area contributed by atoms with Gasteiger partial charge in [-0.2, -0.15) is 4.98 Å². The standard InChI is InChI=1S/C18H24F3N3O3/c1-24-5-3-4-14(24)15(25)22-9-12-6-13(19)17(23-16(12)26-2)27-10-11-7-18(20,21)8-11/h6,11,14H,3-5,7-10H2,1-2H3,(H,22,25). The molecule has 1 aromatic heterocycles. The van der Waals surface area contributed by atoms with Crippen molar-refractivity contribution in [3.05, 3.63) is 17.4 Å². The third-order valence-corrected chi connectivity index (χ3v) is 5.08. The van der Waals surface area contributed by atoms with Gasteiger partial charge in [0.15, 0.2) is 5.82 Å². The molecule has 1 saturated carbocycles. The Kier molecular flexibility index (Phi) is 5.78. The van der Waals surface area contributed by atoms with E-state index in [4.69, 9.17) is 9.47 Å². The van der Waals surface area contributed by atoms with Crippen molar-refractivity contribution in [2.24, 2.45) is 5.92 Å². The number of likely N-dealkylation sites (N-methyl/N-ethyl adjacent to an activating group) is 1. The van der Waals surface area contributed by atoms with Crippen LogP contribution in [0.2, 0.25) is 0 Å². The first kappa shape index (κ1) is 19.7. The Bertz CT molecular complexity index is 694. The highest BCUT2D eigenvalue weighted by Crippen LogP contribution is 2.42. The number of amides is 1. The van der Waals surface area contributed by atoms with Gasteiger partial charge in [-0.15, -0.1) is 0 Å². The summed E-state index contributed by atoms with van der Waals surface area (Å²) < 4.78 is 50.4. The highest BCUT2D eigenvalue weighted by atomic mass is 19.3. The molecule has 6 nitrogen and oxygen atoms in total. The molecule has 2 aliphatic rings. The minimum Gasteiger partial charge on any atom is -0.481 e. The molecule has 0 bridgehead atoms. The van der Waals surface area contributed by atoms with Crippen molar-refractivity contribution in [1.29, 1.82) is 0 Å². The minimum absolute atomic E-state index is 0.0211. The number of carbonyl (C=O) groups excluding carboxylic acids is 1. The fraction of sp³-hybridized carbons (Fsp3) is 0.667. The molecule has 1 aliphatic carbocycles. The third-order valence-electron chi connectivity index (χ3n) is 5.08. The number of aromatic nitrogens is 1.